The van der Waals surface area contributed by atoms with Crippen LogP contribution in [0.4, 0.5) is 0 Å². The van der Waals surface area contributed by atoms with Gasteiger partial charge >= 0.3 is 0 Å². The van der Waals surface area contributed by atoms with E-state index in [0.717, 1.165) is 6.42 Å². The van der Waals surface area contributed by atoms with Crippen molar-refractivity contribution in [3.05, 3.63) is 95.1 Å². The van der Waals surface area contributed by atoms with E-state index in [1.54, 1.807) is 0 Å². The Balaban J connectivity index is 1.48. The summed E-state index contributed by atoms with van der Waals surface area (Å²) in [7, 11) is 0. The fourth-order valence-electron chi connectivity index (χ4n) is 5.69. The molecule has 0 radical (unpaired) electrons. The Bertz CT molecular complexity index is 1280. The van der Waals surface area contributed by atoms with Gasteiger partial charge in [-0.3, -0.25) is 0 Å². The molecule has 1 aliphatic rings. The van der Waals surface area contributed by atoms with Crippen molar-refractivity contribution in [2.24, 2.45) is 0 Å². The van der Waals surface area contributed by atoms with Crippen molar-refractivity contribution in [2.75, 3.05) is 0 Å². The third kappa shape index (κ3) is 4.85. The van der Waals surface area contributed by atoms with Crippen LogP contribution in [0.15, 0.2) is 72.8 Å². The Hall–Kier alpha value is -3.12. The lowest BCUT2D eigenvalue weighted by atomic mass is 9.95. The zero-order valence-electron chi connectivity index (χ0n) is 21.4. The molecule has 0 nitrogen and oxygen atoms in total. The van der Waals surface area contributed by atoms with E-state index in [2.05, 4.69) is 98.8 Å². The Labute approximate surface area is 211 Å². The Morgan fingerprint density at radius 1 is 0.543 bits per heavy atom. The van der Waals surface area contributed by atoms with Crippen molar-refractivity contribution >= 4 is 33.7 Å². The average molecular weight is 459 g/mol. The Morgan fingerprint density at radius 3 is 1.49 bits per heavy atom. The van der Waals surface area contributed by atoms with Crippen LogP contribution in [0.3, 0.4) is 0 Å². The summed E-state index contributed by atoms with van der Waals surface area (Å²) in [6.07, 6.45) is 20.5. The molecule has 35 heavy (non-hydrogen) atoms. The second-order valence-electron chi connectivity index (χ2n) is 10.0. The van der Waals surface area contributed by atoms with Gasteiger partial charge in [-0.1, -0.05) is 124 Å². The van der Waals surface area contributed by atoms with Gasteiger partial charge in [0.1, 0.15) is 0 Å². The van der Waals surface area contributed by atoms with Gasteiger partial charge in [-0.25, -0.2) is 0 Å². The van der Waals surface area contributed by atoms with E-state index in [-0.39, 0.29) is 0 Å². The summed E-state index contributed by atoms with van der Waals surface area (Å²) in [4.78, 5) is 0. The summed E-state index contributed by atoms with van der Waals surface area (Å²) < 4.78 is 0. The highest BCUT2D eigenvalue weighted by atomic mass is 14.3. The molecular formula is C35H38. The molecule has 0 amide bonds. The standard InChI is InChI=1S/C35H38/c1-3-5-7-9-11-15-26-17-13-19-30-28(26)21-23-32-33-24-22-29-27(16-12-10-8-6-4-2)18-14-20-31(29)35(33)25-34(30)32/h11-24H,3-10,25H2,1-2H3/b15-11+,16-12+. The van der Waals surface area contributed by atoms with Crippen LogP contribution >= 0.6 is 0 Å². The van der Waals surface area contributed by atoms with Crippen LogP contribution in [0.2, 0.25) is 0 Å². The molecule has 0 atom stereocenters. The Kier molecular flexibility index (Phi) is 7.48. The van der Waals surface area contributed by atoms with E-state index in [9.17, 15) is 0 Å². The number of rotatable bonds is 10. The smallest absolute Gasteiger partial charge is 0.000111 e. The summed E-state index contributed by atoms with van der Waals surface area (Å²) in [5.41, 5.74) is 8.51. The molecule has 4 aromatic carbocycles. The molecule has 0 unspecified atom stereocenters. The molecule has 0 heteroatoms. The summed E-state index contributed by atoms with van der Waals surface area (Å²) in [5, 5.41) is 5.58. The molecule has 0 N–H and O–H groups in total. The van der Waals surface area contributed by atoms with E-state index in [4.69, 9.17) is 0 Å². The molecule has 0 saturated carbocycles. The van der Waals surface area contributed by atoms with Crippen molar-refractivity contribution < 1.29 is 0 Å². The topological polar surface area (TPSA) is 0 Å². The third-order valence-electron chi connectivity index (χ3n) is 7.60. The molecule has 0 aromatic heterocycles. The van der Waals surface area contributed by atoms with Gasteiger partial charge in [-0.2, -0.15) is 0 Å². The first-order chi connectivity index (χ1) is 17.3. The van der Waals surface area contributed by atoms with Crippen molar-refractivity contribution in [3.63, 3.8) is 0 Å². The predicted molar refractivity (Wildman–Crippen MR) is 156 cm³/mol. The maximum atomic E-state index is 2.36. The third-order valence-corrected chi connectivity index (χ3v) is 7.60. The van der Waals surface area contributed by atoms with Crippen LogP contribution in [0.5, 0.6) is 0 Å². The van der Waals surface area contributed by atoms with Crippen molar-refractivity contribution in [3.8, 4) is 11.1 Å². The molecule has 0 saturated heterocycles. The fourth-order valence-corrected chi connectivity index (χ4v) is 5.69. The lowest BCUT2D eigenvalue weighted by Gasteiger charge is -2.09. The monoisotopic (exact) mass is 458 g/mol. The van der Waals surface area contributed by atoms with E-state index in [1.807, 2.05) is 0 Å². The summed E-state index contributed by atoms with van der Waals surface area (Å²) in [6.45, 7) is 4.53. The lowest BCUT2D eigenvalue weighted by Crippen LogP contribution is -1.88. The number of fused-ring (bicyclic) bond motifs is 7. The minimum Gasteiger partial charge on any atom is -0.0839 e. The van der Waals surface area contributed by atoms with Gasteiger partial charge in [0.15, 0.2) is 0 Å². The highest BCUT2D eigenvalue weighted by molar-refractivity contribution is 6.04. The maximum absolute atomic E-state index is 2.36. The molecule has 178 valence electrons. The first-order valence-electron chi connectivity index (χ1n) is 13.7. The molecule has 0 fully saturated rings. The van der Waals surface area contributed by atoms with E-state index >= 15 is 0 Å². The van der Waals surface area contributed by atoms with Crippen LogP contribution < -0.4 is 0 Å². The van der Waals surface area contributed by atoms with E-state index < -0.39 is 0 Å². The first kappa shape index (κ1) is 23.6. The zero-order valence-corrected chi connectivity index (χ0v) is 21.4. The highest BCUT2D eigenvalue weighted by Gasteiger charge is 2.23. The van der Waals surface area contributed by atoms with Gasteiger partial charge in [-0.15, -0.1) is 0 Å². The molecule has 0 spiro atoms. The second kappa shape index (κ2) is 11.1. The van der Waals surface area contributed by atoms with Crippen LogP contribution in [-0.4, -0.2) is 0 Å². The number of hydrogen-bond donors (Lipinski definition) is 0. The molecule has 4 aromatic rings. The maximum Gasteiger partial charge on any atom is -0.000111 e. The summed E-state index contributed by atoms with van der Waals surface area (Å²) in [5.74, 6) is 0. The lowest BCUT2D eigenvalue weighted by molar-refractivity contribution is 0.730. The SMILES string of the molecule is CCCCC/C=C/c1cccc2c3c(ccc12)-c1ccc2c(/C=C/CCCCC)cccc2c1C3. The summed E-state index contributed by atoms with van der Waals surface area (Å²) in [6, 6.07) is 23.0. The Morgan fingerprint density at radius 2 is 1.03 bits per heavy atom. The zero-order chi connectivity index (χ0) is 24.0. The number of benzene rings is 4. The van der Waals surface area contributed by atoms with Gasteiger partial charge in [0.05, 0.1) is 0 Å². The molecular weight excluding hydrogens is 420 g/mol. The van der Waals surface area contributed by atoms with Gasteiger partial charge < -0.3 is 0 Å². The van der Waals surface area contributed by atoms with Gasteiger partial charge in [-0.05, 0) is 87.0 Å². The summed E-state index contributed by atoms with van der Waals surface area (Å²) >= 11 is 0. The quantitative estimate of drug-likeness (QED) is 0.183. The van der Waals surface area contributed by atoms with Crippen molar-refractivity contribution in [2.45, 2.75) is 71.6 Å². The molecule has 1 aliphatic carbocycles. The van der Waals surface area contributed by atoms with Gasteiger partial charge in [0, 0.05) is 0 Å². The largest absolute Gasteiger partial charge is 0.0839 e. The molecule has 0 heterocycles. The van der Waals surface area contributed by atoms with Gasteiger partial charge in [0.2, 0.25) is 0 Å². The van der Waals surface area contributed by atoms with E-state index in [1.165, 1.54) is 106 Å². The van der Waals surface area contributed by atoms with Crippen LogP contribution in [-0.2, 0) is 6.42 Å². The van der Waals surface area contributed by atoms with Crippen molar-refractivity contribution in [1.29, 1.82) is 0 Å². The van der Waals surface area contributed by atoms with Crippen LogP contribution in [0.1, 0.15) is 87.5 Å². The minimum atomic E-state index is 1.02. The molecule has 0 aliphatic heterocycles. The fraction of sp³-hybridized carbons (Fsp3) is 0.314. The van der Waals surface area contributed by atoms with E-state index in [0.29, 0.717) is 0 Å². The number of hydrogen-bond acceptors (Lipinski definition) is 0. The number of unbranched alkanes of at least 4 members (excludes halogenated alkanes) is 6. The molecule has 5 rings (SSSR count). The van der Waals surface area contributed by atoms with Crippen LogP contribution in [0.25, 0.3) is 44.8 Å². The predicted octanol–water partition coefficient (Wildman–Crippen LogP) is 10.8. The minimum absolute atomic E-state index is 1.02. The van der Waals surface area contributed by atoms with Crippen LogP contribution in [0, 0.1) is 0 Å². The normalized spacial score (nSPS) is 12.9. The second-order valence-corrected chi connectivity index (χ2v) is 10.0. The highest BCUT2D eigenvalue weighted by Crippen LogP contribution is 2.44. The van der Waals surface area contributed by atoms with Gasteiger partial charge in [0.25, 0.3) is 0 Å². The molecule has 0 bridgehead atoms. The average Bonchev–Trinajstić information content (AvgIpc) is 3.28. The van der Waals surface area contributed by atoms with Crippen molar-refractivity contribution in [1.82, 2.24) is 0 Å². The first-order valence-corrected chi connectivity index (χ1v) is 13.7. The number of allylic oxidation sites excluding steroid dienone is 2.